The number of rotatable bonds is 7. The predicted molar refractivity (Wildman–Crippen MR) is 85.9 cm³/mol. The fourth-order valence-corrected chi connectivity index (χ4v) is 2.19. The summed E-state index contributed by atoms with van der Waals surface area (Å²) in [4.78, 5) is 2.41. The Hall–Kier alpha value is -1.02. The van der Waals surface area contributed by atoms with Crippen LogP contribution in [0.4, 0.5) is 5.69 Å². The van der Waals surface area contributed by atoms with E-state index in [0.29, 0.717) is 6.04 Å². The molecule has 0 spiro atoms. The Bertz CT molecular complexity index is 385. The first-order valence-electron chi connectivity index (χ1n) is 7.50. The average Bonchev–Trinajstić information content (AvgIpc) is 2.43. The molecule has 2 nitrogen and oxygen atoms in total. The third kappa shape index (κ3) is 3.97. The first-order valence-corrected chi connectivity index (χ1v) is 7.50. The summed E-state index contributed by atoms with van der Waals surface area (Å²) in [5, 5.41) is 3.59. The zero-order valence-electron chi connectivity index (χ0n) is 13.5. The summed E-state index contributed by atoms with van der Waals surface area (Å²) < 4.78 is 0. The first kappa shape index (κ1) is 16.0. The monoisotopic (exact) mass is 262 g/mol. The summed E-state index contributed by atoms with van der Waals surface area (Å²) in [6.45, 7) is 12.4. The van der Waals surface area contributed by atoms with Crippen LogP contribution in [0.1, 0.15) is 59.1 Å². The van der Waals surface area contributed by atoms with Crippen LogP contribution in [0.2, 0.25) is 0 Å². The zero-order chi connectivity index (χ0) is 14.5. The summed E-state index contributed by atoms with van der Waals surface area (Å²) in [6.07, 6.45) is 2.30. The number of benzene rings is 1. The lowest BCUT2D eigenvalue weighted by Gasteiger charge is -2.38. The zero-order valence-corrected chi connectivity index (χ0v) is 13.5. The fraction of sp³-hybridized carbons (Fsp3) is 0.647. The van der Waals surface area contributed by atoms with Crippen molar-refractivity contribution in [1.82, 2.24) is 5.32 Å². The van der Waals surface area contributed by atoms with Gasteiger partial charge in [0.05, 0.1) is 0 Å². The highest BCUT2D eigenvalue weighted by molar-refractivity contribution is 5.56. The third-order valence-corrected chi connectivity index (χ3v) is 4.24. The summed E-state index contributed by atoms with van der Waals surface area (Å²) in [5.74, 6) is 0. The lowest BCUT2D eigenvalue weighted by atomic mass is 9.96. The molecule has 0 amide bonds. The molecule has 0 saturated carbocycles. The molecule has 0 aliphatic heterocycles. The molecule has 0 bridgehead atoms. The molecule has 0 radical (unpaired) electrons. The number of para-hydroxylation sites is 1. The molecule has 0 fully saturated rings. The lowest BCUT2D eigenvalue weighted by Crippen LogP contribution is -2.41. The van der Waals surface area contributed by atoms with Crippen molar-refractivity contribution < 1.29 is 0 Å². The summed E-state index contributed by atoms with van der Waals surface area (Å²) in [5.41, 5.74) is 2.91. The van der Waals surface area contributed by atoms with E-state index < -0.39 is 0 Å². The van der Waals surface area contributed by atoms with Crippen molar-refractivity contribution in [2.45, 2.75) is 59.0 Å². The second-order valence-electron chi connectivity index (χ2n) is 5.96. The molecule has 1 aromatic rings. The van der Waals surface area contributed by atoms with Gasteiger partial charge >= 0.3 is 0 Å². The van der Waals surface area contributed by atoms with Crippen LogP contribution >= 0.6 is 0 Å². The summed E-state index contributed by atoms with van der Waals surface area (Å²) in [7, 11) is 2.20. The maximum absolute atomic E-state index is 3.59. The molecule has 108 valence electrons. The van der Waals surface area contributed by atoms with Crippen LogP contribution in [0.5, 0.6) is 0 Å². The normalized spacial score (nSPS) is 13.4. The van der Waals surface area contributed by atoms with Crippen molar-refractivity contribution in [3.8, 4) is 0 Å². The molecule has 1 N–H and O–H groups in total. The van der Waals surface area contributed by atoms with Gasteiger partial charge in [0, 0.05) is 24.3 Å². The lowest BCUT2D eigenvalue weighted by molar-refractivity contribution is 0.467. The highest BCUT2D eigenvalue weighted by Crippen LogP contribution is 2.31. The van der Waals surface area contributed by atoms with E-state index in [1.807, 2.05) is 0 Å². The fourth-order valence-electron chi connectivity index (χ4n) is 2.19. The molecule has 0 saturated heterocycles. The minimum atomic E-state index is 0.181. The molecule has 2 heteroatoms. The Balaban J connectivity index is 3.01. The standard InChI is InChI=1S/C17H30N2/c1-7-13-18-14(3)15-11-9-10-12-16(15)19(6)17(4,5)8-2/h9-12,14,18H,7-8,13H2,1-6H3. The van der Waals surface area contributed by atoms with Crippen molar-refractivity contribution in [1.29, 1.82) is 0 Å². The van der Waals surface area contributed by atoms with Crippen LogP contribution in [-0.2, 0) is 0 Å². The van der Waals surface area contributed by atoms with Gasteiger partial charge in [0.25, 0.3) is 0 Å². The summed E-state index contributed by atoms with van der Waals surface area (Å²) >= 11 is 0. The van der Waals surface area contributed by atoms with Crippen molar-refractivity contribution >= 4 is 5.69 Å². The SMILES string of the molecule is CCCNC(C)c1ccccc1N(C)C(C)(C)CC. The second-order valence-corrected chi connectivity index (χ2v) is 5.96. The largest absolute Gasteiger partial charge is 0.369 e. The van der Waals surface area contributed by atoms with Crippen molar-refractivity contribution in [3.05, 3.63) is 29.8 Å². The van der Waals surface area contributed by atoms with Crippen molar-refractivity contribution in [2.24, 2.45) is 0 Å². The molecule has 1 rings (SSSR count). The first-order chi connectivity index (χ1) is 8.94. The van der Waals surface area contributed by atoms with Crippen LogP contribution in [0, 0.1) is 0 Å². The van der Waals surface area contributed by atoms with E-state index in [1.165, 1.54) is 17.7 Å². The van der Waals surface area contributed by atoms with Gasteiger partial charge in [-0.1, -0.05) is 32.0 Å². The highest BCUT2D eigenvalue weighted by Gasteiger charge is 2.24. The van der Waals surface area contributed by atoms with Gasteiger partial charge in [-0.2, -0.15) is 0 Å². The molecule has 0 aliphatic carbocycles. The Kier molecular flexibility index (Phi) is 5.86. The minimum absolute atomic E-state index is 0.181. The number of hydrogen-bond donors (Lipinski definition) is 1. The van der Waals surface area contributed by atoms with Gasteiger partial charge in [0.2, 0.25) is 0 Å². The predicted octanol–water partition coefficient (Wildman–Crippen LogP) is 4.37. The molecule has 0 aliphatic rings. The van der Waals surface area contributed by atoms with Gasteiger partial charge in [-0.15, -0.1) is 0 Å². The number of anilines is 1. The number of nitrogens with zero attached hydrogens (tertiary/aromatic N) is 1. The van der Waals surface area contributed by atoms with E-state index in [0.717, 1.165) is 13.0 Å². The average molecular weight is 262 g/mol. The smallest absolute Gasteiger partial charge is 0.0416 e. The Morgan fingerprint density at radius 2 is 1.84 bits per heavy atom. The van der Waals surface area contributed by atoms with E-state index in [9.17, 15) is 0 Å². The summed E-state index contributed by atoms with van der Waals surface area (Å²) in [6, 6.07) is 9.14. The minimum Gasteiger partial charge on any atom is -0.369 e. The van der Waals surface area contributed by atoms with E-state index in [2.05, 4.69) is 76.1 Å². The molecular weight excluding hydrogens is 232 g/mol. The highest BCUT2D eigenvalue weighted by atomic mass is 15.2. The van der Waals surface area contributed by atoms with Crippen LogP contribution in [0.25, 0.3) is 0 Å². The number of hydrogen-bond acceptors (Lipinski definition) is 2. The van der Waals surface area contributed by atoms with E-state index in [4.69, 9.17) is 0 Å². The van der Waals surface area contributed by atoms with Crippen LogP contribution < -0.4 is 10.2 Å². The molecule has 0 aromatic heterocycles. The van der Waals surface area contributed by atoms with Gasteiger partial charge in [0.15, 0.2) is 0 Å². The number of nitrogens with one attached hydrogen (secondary N) is 1. The second kappa shape index (κ2) is 6.95. The maximum atomic E-state index is 3.59. The van der Waals surface area contributed by atoms with Crippen molar-refractivity contribution in [3.63, 3.8) is 0 Å². The molecule has 19 heavy (non-hydrogen) atoms. The molecular formula is C17H30N2. The quantitative estimate of drug-likeness (QED) is 0.785. The van der Waals surface area contributed by atoms with Gasteiger partial charge in [0.1, 0.15) is 0 Å². The maximum Gasteiger partial charge on any atom is 0.0416 e. The Morgan fingerprint density at radius 1 is 1.21 bits per heavy atom. The molecule has 1 atom stereocenters. The van der Waals surface area contributed by atoms with Gasteiger partial charge in [-0.05, 0) is 51.8 Å². The molecule has 0 heterocycles. The van der Waals surface area contributed by atoms with E-state index in [-0.39, 0.29) is 5.54 Å². The van der Waals surface area contributed by atoms with Crippen LogP contribution in [0.3, 0.4) is 0 Å². The Morgan fingerprint density at radius 3 is 2.42 bits per heavy atom. The van der Waals surface area contributed by atoms with E-state index in [1.54, 1.807) is 0 Å². The van der Waals surface area contributed by atoms with Crippen LogP contribution in [0.15, 0.2) is 24.3 Å². The molecule has 1 aromatic carbocycles. The van der Waals surface area contributed by atoms with E-state index >= 15 is 0 Å². The topological polar surface area (TPSA) is 15.3 Å². The van der Waals surface area contributed by atoms with Gasteiger partial charge in [-0.25, -0.2) is 0 Å². The third-order valence-electron chi connectivity index (χ3n) is 4.24. The van der Waals surface area contributed by atoms with Gasteiger partial charge < -0.3 is 10.2 Å². The van der Waals surface area contributed by atoms with Gasteiger partial charge in [-0.3, -0.25) is 0 Å². The molecule has 1 unspecified atom stereocenters. The van der Waals surface area contributed by atoms with Crippen LogP contribution in [-0.4, -0.2) is 19.1 Å². The van der Waals surface area contributed by atoms with Crippen molar-refractivity contribution in [2.75, 3.05) is 18.5 Å². The Labute approximate surface area is 119 Å².